The van der Waals surface area contributed by atoms with Crippen molar-refractivity contribution in [3.05, 3.63) is 35.5 Å². The van der Waals surface area contributed by atoms with Gasteiger partial charge in [0.1, 0.15) is 11.4 Å². The van der Waals surface area contributed by atoms with Crippen LogP contribution in [0.25, 0.3) is 5.57 Å². The lowest BCUT2D eigenvalue weighted by Crippen LogP contribution is -2.48. The standard InChI is InChI=1S/C20H27N3O5/c1-27-14-12-23-19(25)17(15-3-5-16(28-2)6-4-15)18(20(23)26)22-9-7-21(8-10-22)11-13-24/h3-6,24H,7-14H2,1-2H3. The first-order chi connectivity index (χ1) is 13.6. The summed E-state index contributed by atoms with van der Waals surface area (Å²) < 4.78 is 10.3. The van der Waals surface area contributed by atoms with E-state index in [2.05, 4.69) is 4.90 Å². The summed E-state index contributed by atoms with van der Waals surface area (Å²) in [6.07, 6.45) is 0. The van der Waals surface area contributed by atoms with Crippen molar-refractivity contribution < 1.29 is 24.2 Å². The van der Waals surface area contributed by atoms with Gasteiger partial charge < -0.3 is 19.5 Å². The van der Waals surface area contributed by atoms with Gasteiger partial charge in [0.25, 0.3) is 11.8 Å². The maximum absolute atomic E-state index is 13.1. The Balaban J connectivity index is 1.92. The second kappa shape index (κ2) is 9.18. The summed E-state index contributed by atoms with van der Waals surface area (Å²) >= 11 is 0. The van der Waals surface area contributed by atoms with Crippen LogP contribution in [0.4, 0.5) is 0 Å². The van der Waals surface area contributed by atoms with Crippen molar-refractivity contribution in [1.29, 1.82) is 0 Å². The van der Waals surface area contributed by atoms with Crippen molar-refractivity contribution in [2.45, 2.75) is 0 Å². The number of aliphatic hydroxyl groups is 1. The van der Waals surface area contributed by atoms with Gasteiger partial charge in [0.15, 0.2) is 0 Å². The smallest absolute Gasteiger partial charge is 0.277 e. The molecule has 8 nitrogen and oxygen atoms in total. The first-order valence-corrected chi connectivity index (χ1v) is 9.42. The molecule has 8 heteroatoms. The van der Waals surface area contributed by atoms with Crippen LogP contribution in [0.5, 0.6) is 5.75 Å². The van der Waals surface area contributed by atoms with Gasteiger partial charge in [-0.05, 0) is 17.7 Å². The van der Waals surface area contributed by atoms with Gasteiger partial charge in [-0.2, -0.15) is 0 Å². The van der Waals surface area contributed by atoms with E-state index in [0.29, 0.717) is 48.8 Å². The molecule has 1 aromatic rings. The fourth-order valence-electron chi connectivity index (χ4n) is 3.60. The zero-order valence-corrected chi connectivity index (χ0v) is 16.4. The van der Waals surface area contributed by atoms with E-state index in [9.17, 15) is 9.59 Å². The van der Waals surface area contributed by atoms with E-state index in [-0.39, 0.29) is 25.0 Å². The summed E-state index contributed by atoms with van der Waals surface area (Å²) in [4.78, 5) is 31.6. The summed E-state index contributed by atoms with van der Waals surface area (Å²) in [6.45, 7) is 3.98. The Hall–Kier alpha value is -2.42. The third-order valence-corrected chi connectivity index (χ3v) is 5.15. The maximum Gasteiger partial charge on any atom is 0.277 e. The molecule has 2 amide bonds. The van der Waals surface area contributed by atoms with Crippen LogP contribution >= 0.6 is 0 Å². The van der Waals surface area contributed by atoms with Crippen molar-refractivity contribution in [1.82, 2.24) is 14.7 Å². The third kappa shape index (κ3) is 4.04. The molecule has 1 saturated heterocycles. The molecule has 0 bridgehead atoms. The molecule has 1 fully saturated rings. The lowest BCUT2D eigenvalue weighted by Gasteiger charge is -2.36. The van der Waals surface area contributed by atoms with Gasteiger partial charge in [-0.15, -0.1) is 0 Å². The van der Waals surface area contributed by atoms with Crippen LogP contribution in [0.3, 0.4) is 0 Å². The lowest BCUT2D eigenvalue weighted by atomic mass is 10.0. The summed E-state index contributed by atoms with van der Waals surface area (Å²) in [6, 6.07) is 7.19. The minimum atomic E-state index is -0.292. The molecule has 152 valence electrons. The number of β-amino-alcohol motifs (C(OH)–C–C–N with tert-alkyl or cyclic N) is 1. The Kier molecular flexibility index (Phi) is 6.66. The number of carbonyl (C=O) groups excluding carboxylic acids is 2. The predicted molar refractivity (Wildman–Crippen MR) is 104 cm³/mol. The Bertz CT molecular complexity index is 739. The second-order valence-electron chi connectivity index (χ2n) is 6.76. The molecule has 1 aromatic carbocycles. The quantitative estimate of drug-likeness (QED) is 0.628. The average Bonchev–Trinajstić information content (AvgIpc) is 2.97. The number of amides is 2. The van der Waals surface area contributed by atoms with Gasteiger partial charge >= 0.3 is 0 Å². The highest BCUT2D eigenvalue weighted by Gasteiger charge is 2.41. The van der Waals surface area contributed by atoms with E-state index in [1.807, 2.05) is 4.90 Å². The van der Waals surface area contributed by atoms with Crippen molar-refractivity contribution in [2.24, 2.45) is 0 Å². The number of hydrogen-bond donors (Lipinski definition) is 1. The molecule has 0 aromatic heterocycles. The summed E-state index contributed by atoms with van der Waals surface area (Å²) in [5.74, 6) is 0.125. The summed E-state index contributed by atoms with van der Waals surface area (Å²) in [5, 5.41) is 9.13. The van der Waals surface area contributed by atoms with E-state index in [4.69, 9.17) is 14.6 Å². The largest absolute Gasteiger partial charge is 0.497 e. The number of ether oxygens (including phenoxy) is 2. The Morgan fingerprint density at radius 1 is 0.964 bits per heavy atom. The number of benzene rings is 1. The highest BCUT2D eigenvalue weighted by Crippen LogP contribution is 2.32. The van der Waals surface area contributed by atoms with Gasteiger partial charge in [0, 0.05) is 39.8 Å². The SMILES string of the molecule is COCCN1C(=O)C(c2ccc(OC)cc2)=C(N2CCN(CCO)CC2)C1=O. The fourth-order valence-corrected chi connectivity index (χ4v) is 3.60. The molecule has 2 aliphatic heterocycles. The molecule has 0 saturated carbocycles. The first-order valence-electron chi connectivity index (χ1n) is 9.42. The zero-order chi connectivity index (χ0) is 20.1. The van der Waals surface area contributed by atoms with Crippen molar-refractivity contribution in [2.75, 3.05) is 66.7 Å². The van der Waals surface area contributed by atoms with E-state index in [1.165, 1.54) is 4.90 Å². The number of nitrogens with zero attached hydrogens (tertiary/aromatic N) is 3. The van der Waals surface area contributed by atoms with Crippen LogP contribution in [0, 0.1) is 0 Å². The van der Waals surface area contributed by atoms with Gasteiger partial charge in [0.2, 0.25) is 0 Å². The number of aliphatic hydroxyl groups excluding tert-OH is 1. The third-order valence-electron chi connectivity index (χ3n) is 5.15. The molecule has 0 atom stereocenters. The molecule has 0 unspecified atom stereocenters. The minimum absolute atomic E-state index is 0.113. The average molecular weight is 389 g/mol. The fraction of sp³-hybridized carbons (Fsp3) is 0.500. The number of piperazine rings is 1. The van der Waals surface area contributed by atoms with Crippen LogP contribution in [-0.2, 0) is 14.3 Å². The van der Waals surface area contributed by atoms with Crippen LogP contribution in [0.2, 0.25) is 0 Å². The van der Waals surface area contributed by atoms with Crippen LogP contribution in [0.1, 0.15) is 5.56 Å². The molecule has 0 aliphatic carbocycles. The molecule has 0 radical (unpaired) electrons. The number of methoxy groups -OCH3 is 2. The second-order valence-corrected chi connectivity index (χ2v) is 6.76. The minimum Gasteiger partial charge on any atom is -0.497 e. The highest BCUT2D eigenvalue weighted by molar-refractivity contribution is 6.35. The van der Waals surface area contributed by atoms with Crippen molar-refractivity contribution >= 4 is 17.4 Å². The predicted octanol–water partition coefficient (Wildman–Crippen LogP) is 0.0314. The zero-order valence-electron chi connectivity index (χ0n) is 16.4. The van der Waals surface area contributed by atoms with Crippen molar-refractivity contribution in [3.8, 4) is 5.75 Å². The first kappa shape index (κ1) is 20.3. The monoisotopic (exact) mass is 389 g/mol. The van der Waals surface area contributed by atoms with Gasteiger partial charge in [-0.3, -0.25) is 19.4 Å². The molecule has 0 spiro atoms. The molecular formula is C20H27N3O5. The number of rotatable bonds is 8. The number of carbonyl (C=O) groups is 2. The van der Waals surface area contributed by atoms with Gasteiger partial charge in [0.05, 0.1) is 32.4 Å². The Morgan fingerprint density at radius 2 is 1.64 bits per heavy atom. The molecule has 28 heavy (non-hydrogen) atoms. The molecule has 3 rings (SSSR count). The summed E-state index contributed by atoms with van der Waals surface area (Å²) in [7, 11) is 3.13. The highest BCUT2D eigenvalue weighted by atomic mass is 16.5. The van der Waals surface area contributed by atoms with Gasteiger partial charge in [-0.1, -0.05) is 12.1 Å². The molecule has 1 N–H and O–H groups in total. The van der Waals surface area contributed by atoms with E-state index in [0.717, 1.165) is 13.1 Å². The summed E-state index contributed by atoms with van der Waals surface area (Å²) in [5.41, 5.74) is 1.58. The number of imide groups is 1. The van der Waals surface area contributed by atoms with Gasteiger partial charge in [-0.25, -0.2) is 0 Å². The van der Waals surface area contributed by atoms with Crippen LogP contribution in [0.15, 0.2) is 30.0 Å². The molecule has 2 aliphatic rings. The Morgan fingerprint density at radius 3 is 2.21 bits per heavy atom. The van der Waals surface area contributed by atoms with Crippen molar-refractivity contribution in [3.63, 3.8) is 0 Å². The topological polar surface area (TPSA) is 82.6 Å². The molecule has 2 heterocycles. The lowest BCUT2D eigenvalue weighted by molar-refractivity contribution is -0.138. The van der Waals surface area contributed by atoms with E-state index >= 15 is 0 Å². The van der Waals surface area contributed by atoms with E-state index < -0.39 is 0 Å². The normalized spacial score (nSPS) is 18.4. The molecular weight excluding hydrogens is 362 g/mol. The van der Waals surface area contributed by atoms with E-state index in [1.54, 1.807) is 38.5 Å². The van der Waals surface area contributed by atoms with Crippen LogP contribution < -0.4 is 4.74 Å². The Labute approximate surface area is 164 Å². The maximum atomic E-state index is 13.1. The number of hydrogen-bond acceptors (Lipinski definition) is 7. The van der Waals surface area contributed by atoms with Crippen LogP contribution in [-0.4, -0.2) is 98.3 Å².